The second-order valence-electron chi connectivity index (χ2n) is 8.65. The van der Waals surface area contributed by atoms with Gasteiger partial charge in [0.1, 0.15) is 17.8 Å². The lowest BCUT2D eigenvalue weighted by Crippen LogP contribution is -2.60. The Morgan fingerprint density at radius 3 is 1.94 bits per heavy atom. The van der Waals surface area contributed by atoms with Gasteiger partial charge in [-0.05, 0) is 37.0 Å². The Hall–Kier alpha value is -3.71. The van der Waals surface area contributed by atoms with Crippen molar-refractivity contribution < 1.29 is 39.3 Å². The summed E-state index contributed by atoms with van der Waals surface area (Å²) in [6, 6.07) is 0.597. The molecule has 0 aliphatic heterocycles. The van der Waals surface area contributed by atoms with Crippen molar-refractivity contribution in [1.82, 2.24) is 16.0 Å². The first-order valence-corrected chi connectivity index (χ1v) is 11.4. The van der Waals surface area contributed by atoms with Gasteiger partial charge in [-0.2, -0.15) is 0 Å². The van der Waals surface area contributed by atoms with Crippen molar-refractivity contribution in [2.24, 2.45) is 17.4 Å². The fourth-order valence-electron chi connectivity index (χ4n) is 3.26. The van der Waals surface area contributed by atoms with Crippen LogP contribution in [-0.4, -0.2) is 75.2 Å². The summed E-state index contributed by atoms with van der Waals surface area (Å²) < 4.78 is 0. The summed E-state index contributed by atoms with van der Waals surface area (Å²) in [5.74, 6) is -5.31. The maximum atomic E-state index is 13.0. The van der Waals surface area contributed by atoms with Crippen molar-refractivity contribution in [3.05, 3.63) is 29.8 Å². The topological polar surface area (TPSA) is 234 Å². The van der Waals surface area contributed by atoms with Gasteiger partial charge >= 0.3 is 5.97 Å². The van der Waals surface area contributed by atoms with E-state index in [0.29, 0.717) is 12.0 Å². The van der Waals surface area contributed by atoms with E-state index in [9.17, 15) is 39.3 Å². The molecule has 0 saturated carbocycles. The van der Waals surface area contributed by atoms with Gasteiger partial charge in [-0.25, -0.2) is 4.79 Å². The number of hydrogen-bond donors (Lipinski definition) is 8. The molecular formula is C23H35N5O8. The number of aliphatic carboxylic acids is 1. The molecule has 200 valence electrons. The first kappa shape index (κ1) is 30.3. The molecule has 0 radical (unpaired) electrons. The molecule has 6 atom stereocenters. The molecule has 0 aromatic heterocycles. The summed E-state index contributed by atoms with van der Waals surface area (Å²) >= 11 is 0. The number of carboxylic acids is 1. The summed E-state index contributed by atoms with van der Waals surface area (Å²) in [4.78, 5) is 61.3. The fraction of sp³-hybridized carbons (Fsp3) is 0.522. The number of aliphatic hydroxyl groups excluding tert-OH is 1. The van der Waals surface area contributed by atoms with Gasteiger partial charge in [-0.1, -0.05) is 32.4 Å². The molecule has 4 amide bonds. The van der Waals surface area contributed by atoms with E-state index in [-0.39, 0.29) is 12.2 Å². The average molecular weight is 510 g/mol. The second kappa shape index (κ2) is 14.0. The lowest BCUT2D eigenvalue weighted by Gasteiger charge is -2.28. The number of carbonyl (C=O) groups excluding carboxylic acids is 4. The minimum absolute atomic E-state index is 0.0398. The van der Waals surface area contributed by atoms with Crippen LogP contribution in [0.1, 0.15) is 39.2 Å². The van der Waals surface area contributed by atoms with Crippen molar-refractivity contribution in [3.8, 4) is 5.75 Å². The molecule has 0 bridgehead atoms. The van der Waals surface area contributed by atoms with E-state index >= 15 is 0 Å². The Labute approximate surface area is 208 Å². The van der Waals surface area contributed by atoms with Crippen LogP contribution in [0.25, 0.3) is 0 Å². The summed E-state index contributed by atoms with van der Waals surface area (Å²) in [6.07, 6.45) is -1.50. The van der Waals surface area contributed by atoms with Gasteiger partial charge in [-0.15, -0.1) is 0 Å². The van der Waals surface area contributed by atoms with Crippen molar-refractivity contribution >= 4 is 29.6 Å². The number of phenols is 1. The van der Waals surface area contributed by atoms with Crippen LogP contribution in [0.3, 0.4) is 0 Å². The van der Waals surface area contributed by atoms with Crippen molar-refractivity contribution in [2.45, 2.75) is 70.3 Å². The Morgan fingerprint density at radius 1 is 0.917 bits per heavy atom. The number of nitrogens with one attached hydrogen (secondary N) is 3. The summed E-state index contributed by atoms with van der Waals surface area (Å²) in [7, 11) is 0. The Kier molecular flexibility index (Phi) is 11.8. The first-order valence-electron chi connectivity index (χ1n) is 11.4. The van der Waals surface area contributed by atoms with Crippen LogP contribution in [0.4, 0.5) is 0 Å². The highest BCUT2D eigenvalue weighted by molar-refractivity contribution is 5.96. The van der Waals surface area contributed by atoms with Crippen LogP contribution in [0, 0.1) is 5.92 Å². The highest BCUT2D eigenvalue weighted by Gasteiger charge is 2.34. The number of aromatic hydroxyl groups is 1. The lowest BCUT2D eigenvalue weighted by molar-refractivity contribution is -0.145. The molecule has 1 aromatic carbocycles. The van der Waals surface area contributed by atoms with Gasteiger partial charge in [0.15, 0.2) is 6.04 Å². The zero-order chi connectivity index (χ0) is 27.6. The Morgan fingerprint density at radius 2 is 1.47 bits per heavy atom. The molecule has 0 spiro atoms. The number of nitrogens with two attached hydrogens (primary N) is 2. The van der Waals surface area contributed by atoms with Crippen LogP contribution in [0.2, 0.25) is 0 Å². The number of phenolic OH excluding ortho intramolecular Hbond substituents is 1. The number of carbonyl (C=O) groups is 5. The van der Waals surface area contributed by atoms with Crippen LogP contribution in [0.5, 0.6) is 5.75 Å². The highest BCUT2D eigenvalue weighted by Crippen LogP contribution is 2.12. The normalized spacial score (nSPS) is 15.9. The van der Waals surface area contributed by atoms with Gasteiger partial charge < -0.3 is 42.7 Å². The summed E-state index contributed by atoms with van der Waals surface area (Å²) in [5, 5.41) is 35.2. The monoisotopic (exact) mass is 509 g/mol. The zero-order valence-corrected chi connectivity index (χ0v) is 20.4. The maximum absolute atomic E-state index is 13.0. The van der Waals surface area contributed by atoms with Crippen molar-refractivity contribution in [2.75, 3.05) is 0 Å². The van der Waals surface area contributed by atoms with Crippen LogP contribution in [0.15, 0.2) is 24.3 Å². The number of aliphatic hydroxyl groups is 1. The van der Waals surface area contributed by atoms with Gasteiger partial charge in [0.05, 0.1) is 18.6 Å². The molecular weight excluding hydrogens is 474 g/mol. The average Bonchev–Trinajstić information content (AvgIpc) is 2.80. The first-order chi connectivity index (χ1) is 16.8. The smallest absolute Gasteiger partial charge is 0.328 e. The number of rotatable bonds is 14. The van der Waals surface area contributed by atoms with E-state index in [0.717, 1.165) is 0 Å². The van der Waals surface area contributed by atoms with E-state index < -0.39 is 72.2 Å². The predicted molar refractivity (Wildman–Crippen MR) is 128 cm³/mol. The minimum atomic E-state index is -1.61. The molecule has 13 heteroatoms. The van der Waals surface area contributed by atoms with Gasteiger partial charge in [0, 0.05) is 0 Å². The fourth-order valence-corrected chi connectivity index (χ4v) is 3.26. The van der Waals surface area contributed by atoms with Crippen LogP contribution >= 0.6 is 0 Å². The van der Waals surface area contributed by atoms with E-state index in [4.69, 9.17) is 11.5 Å². The number of hydrogen-bond acceptors (Lipinski definition) is 8. The lowest BCUT2D eigenvalue weighted by atomic mass is 9.97. The molecule has 13 nitrogen and oxygen atoms in total. The van der Waals surface area contributed by atoms with E-state index in [1.807, 2.05) is 0 Å². The van der Waals surface area contributed by atoms with Crippen LogP contribution < -0.4 is 27.4 Å². The molecule has 1 rings (SSSR count). The third kappa shape index (κ3) is 9.50. The Bertz CT molecular complexity index is 937. The molecule has 0 heterocycles. The second-order valence-corrected chi connectivity index (χ2v) is 8.65. The summed E-state index contributed by atoms with van der Waals surface area (Å²) in [5.41, 5.74) is 11.8. The van der Waals surface area contributed by atoms with Gasteiger partial charge in [0.25, 0.3) is 0 Å². The standard InChI is InChI=1S/C23H35N5O8/c1-4-11(2)18(22(34)28-19(12(3)29)23(35)36)27-21(33)16(10-17(25)31)26-20(32)15(24)9-13-5-7-14(30)8-6-13/h5-8,11-12,15-16,18-19,29-30H,4,9-10,24H2,1-3H3,(H2,25,31)(H,26,32)(H,27,33)(H,28,34)(H,35,36). The van der Waals surface area contributed by atoms with Gasteiger partial charge in [0.2, 0.25) is 23.6 Å². The molecule has 0 aliphatic carbocycles. The maximum Gasteiger partial charge on any atom is 0.328 e. The van der Waals surface area contributed by atoms with Crippen LogP contribution in [-0.2, 0) is 30.4 Å². The third-order valence-electron chi connectivity index (χ3n) is 5.61. The van der Waals surface area contributed by atoms with Crippen molar-refractivity contribution in [1.29, 1.82) is 0 Å². The molecule has 1 aromatic rings. The van der Waals surface area contributed by atoms with E-state index in [2.05, 4.69) is 16.0 Å². The number of primary amides is 1. The molecule has 36 heavy (non-hydrogen) atoms. The molecule has 0 fully saturated rings. The molecule has 10 N–H and O–H groups in total. The molecule has 0 saturated heterocycles. The quantitative estimate of drug-likeness (QED) is 0.140. The molecule has 0 aliphatic rings. The summed E-state index contributed by atoms with van der Waals surface area (Å²) in [6.45, 7) is 4.57. The minimum Gasteiger partial charge on any atom is -0.508 e. The largest absolute Gasteiger partial charge is 0.508 e. The SMILES string of the molecule is CCC(C)C(NC(=O)C(CC(N)=O)NC(=O)C(N)Cc1ccc(O)cc1)C(=O)NC(C(=O)O)C(C)O. The van der Waals surface area contributed by atoms with Gasteiger partial charge in [-0.3, -0.25) is 19.2 Å². The highest BCUT2D eigenvalue weighted by atomic mass is 16.4. The van der Waals surface area contributed by atoms with E-state index in [1.54, 1.807) is 26.0 Å². The third-order valence-corrected chi connectivity index (χ3v) is 5.61. The van der Waals surface area contributed by atoms with E-state index in [1.165, 1.54) is 19.1 Å². The molecule has 6 unspecified atom stereocenters. The number of carboxylic acid groups (broad SMARTS) is 1. The predicted octanol–water partition coefficient (Wildman–Crippen LogP) is -1.90. The Balaban J connectivity index is 3.00. The van der Waals surface area contributed by atoms with Crippen molar-refractivity contribution in [3.63, 3.8) is 0 Å². The number of amides is 4. The zero-order valence-electron chi connectivity index (χ0n) is 20.4. The number of benzene rings is 1.